The molecule has 0 saturated heterocycles. The van der Waals surface area contributed by atoms with E-state index in [0.717, 1.165) is 25.7 Å². The summed E-state index contributed by atoms with van der Waals surface area (Å²) in [6.45, 7) is 3.50. The van der Waals surface area contributed by atoms with Crippen LogP contribution in [0, 0.1) is 0 Å². The fourth-order valence-electron chi connectivity index (χ4n) is 1.52. The molecule has 0 aliphatic carbocycles. The van der Waals surface area contributed by atoms with Gasteiger partial charge in [-0.15, -0.1) is 0 Å². The number of hydrogen-bond acceptors (Lipinski definition) is 2. The second-order valence-corrected chi connectivity index (χ2v) is 4.21. The van der Waals surface area contributed by atoms with E-state index in [2.05, 4.69) is 0 Å². The van der Waals surface area contributed by atoms with Crippen molar-refractivity contribution in [3.05, 3.63) is 0 Å². The molecule has 0 spiro atoms. The first-order chi connectivity index (χ1) is 6.63. The lowest BCUT2D eigenvalue weighted by atomic mass is 10.1. The Bertz CT molecular complexity index is 141. The van der Waals surface area contributed by atoms with Crippen molar-refractivity contribution >= 4 is 5.78 Å². The fourth-order valence-corrected chi connectivity index (χ4v) is 1.52. The highest BCUT2D eigenvalue weighted by Gasteiger charge is 1.96. The summed E-state index contributed by atoms with van der Waals surface area (Å²) in [7, 11) is 0. The third-order valence-electron chi connectivity index (χ3n) is 2.40. The molecule has 0 bridgehead atoms. The number of aliphatic hydroxyl groups is 1. The molecule has 1 atom stereocenters. The maximum Gasteiger partial charge on any atom is 0.129 e. The van der Waals surface area contributed by atoms with Crippen LogP contribution in [0.1, 0.15) is 65.2 Å². The molecule has 0 aliphatic heterocycles. The molecular formula is C12H24O2. The Hall–Kier alpha value is -0.370. The zero-order valence-corrected chi connectivity index (χ0v) is 9.59. The molecule has 0 radical (unpaired) electrons. The SMILES string of the molecule is CC(=O)CCCCCCCCC(C)O. The zero-order valence-electron chi connectivity index (χ0n) is 9.59. The van der Waals surface area contributed by atoms with E-state index in [1.165, 1.54) is 25.7 Å². The van der Waals surface area contributed by atoms with Crippen LogP contribution in [0.2, 0.25) is 0 Å². The summed E-state index contributed by atoms with van der Waals surface area (Å²) in [6.07, 6.45) is 8.56. The second-order valence-electron chi connectivity index (χ2n) is 4.21. The van der Waals surface area contributed by atoms with Gasteiger partial charge in [0.15, 0.2) is 0 Å². The van der Waals surface area contributed by atoms with Crippen molar-refractivity contribution in [2.45, 2.75) is 71.3 Å². The van der Waals surface area contributed by atoms with Gasteiger partial charge < -0.3 is 9.90 Å². The van der Waals surface area contributed by atoms with Gasteiger partial charge in [-0.1, -0.05) is 32.1 Å². The Morgan fingerprint density at radius 2 is 1.57 bits per heavy atom. The summed E-state index contributed by atoms with van der Waals surface area (Å²) < 4.78 is 0. The van der Waals surface area contributed by atoms with E-state index in [1.54, 1.807) is 6.92 Å². The largest absolute Gasteiger partial charge is 0.393 e. The van der Waals surface area contributed by atoms with Gasteiger partial charge in [0.2, 0.25) is 0 Å². The van der Waals surface area contributed by atoms with E-state index in [0.29, 0.717) is 5.78 Å². The number of ketones is 1. The van der Waals surface area contributed by atoms with E-state index < -0.39 is 0 Å². The van der Waals surface area contributed by atoms with Crippen LogP contribution in [0.4, 0.5) is 0 Å². The number of hydrogen-bond donors (Lipinski definition) is 1. The van der Waals surface area contributed by atoms with Crippen molar-refractivity contribution in [3.8, 4) is 0 Å². The molecule has 0 aromatic rings. The van der Waals surface area contributed by atoms with Crippen LogP contribution in [-0.4, -0.2) is 17.0 Å². The van der Waals surface area contributed by atoms with E-state index in [4.69, 9.17) is 5.11 Å². The van der Waals surface area contributed by atoms with Gasteiger partial charge in [0.1, 0.15) is 5.78 Å². The van der Waals surface area contributed by atoms with Gasteiger partial charge in [-0.05, 0) is 26.7 Å². The molecule has 0 heterocycles. The number of Topliss-reactive ketones (excluding diaryl/α,β-unsaturated/α-hetero) is 1. The zero-order chi connectivity index (χ0) is 10.8. The molecule has 84 valence electrons. The first-order valence-electron chi connectivity index (χ1n) is 5.80. The van der Waals surface area contributed by atoms with Crippen molar-refractivity contribution < 1.29 is 9.90 Å². The minimum absolute atomic E-state index is 0.146. The Morgan fingerprint density at radius 1 is 1.07 bits per heavy atom. The third-order valence-corrected chi connectivity index (χ3v) is 2.40. The molecule has 14 heavy (non-hydrogen) atoms. The molecule has 1 unspecified atom stereocenters. The predicted octanol–water partition coefficient (Wildman–Crippen LogP) is 3.08. The van der Waals surface area contributed by atoms with E-state index in [9.17, 15) is 4.79 Å². The predicted molar refractivity (Wildman–Crippen MR) is 59.3 cm³/mol. The molecule has 0 rings (SSSR count). The number of unbranched alkanes of at least 4 members (excludes halogenated alkanes) is 5. The van der Waals surface area contributed by atoms with Crippen molar-refractivity contribution in [2.75, 3.05) is 0 Å². The number of aliphatic hydroxyl groups excluding tert-OH is 1. The van der Waals surface area contributed by atoms with Gasteiger partial charge in [-0.3, -0.25) is 0 Å². The van der Waals surface area contributed by atoms with Gasteiger partial charge in [-0.2, -0.15) is 0 Å². The van der Waals surface area contributed by atoms with Crippen LogP contribution in [0.3, 0.4) is 0 Å². The molecule has 0 aromatic heterocycles. The smallest absolute Gasteiger partial charge is 0.129 e. The summed E-state index contributed by atoms with van der Waals surface area (Å²) in [5, 5.41) is 9.02. The summed E-state index contributed by atoms with van der Waals surface area (Å²) in [5.41, 5.74) is 0. The maximum absolute atomic E-state index is 10.6. The van der Waals surface area contributed by atoms with Gasteiger partial charge in [0.05, 0.1) is 6.10 Å². The fraction of sp³-hybridized carbons (Fsp3) is 0.917. The molecule has 2 nitrogen and oxygen atoms in total. The van der Waals surface area contributed by atoms with E-state index in [-0.39, 0.29) is 6.10 Å². The van der Waals surface area contributed by atoms with Crippen molar-refractivity contribution in [1.29, 1.82) is 0 Å². The lowest BCUT2D eigenvalue weighted by Crippen LogP contribution is -1.98. The molecule has 0 aliphatic rings. The topological polar surface area (TPSA) is 37.3 Å². The molecule has 0 aromatic carbocycles. The highest BCUT2D eigenvalue weighted by Crippen LogP contribution is 2.09. The van der Waals surface area contributed by atoms with E-state index in [1.807, 2.05) is 6.92 Å². The Morgan fingerprint density at radius 3 is 2.07 bits per heavy atom. The summed E-state index contributed by atoms with van der Waals surface area (Å²) in [5.74, 6) is 0.305. The van der Waals surface area contributed by atoms with Crippen molar-refractivity contribution in [3.63, 3.8) is 0 Å². The molecule has 2 heteroatoms. The van der Waals surface area contributed by atoms with Gasteiger partial charge in [0.25, 0.3) is 0 Å². The first-order valence-corrected chi connectivity index (χ1v) is 5.80. The highest BCUT2D eigenvalue weighted by atomic mass is 16.3. The molecular weight excluding hydrogens is 176 g/mol. The Kier molecular flexibility index (Phi) is 8.95. The van der Waals surface area contributed by atoms with Crippen LogP contribution in [0.25, 0.3) is 0 Å². The average Bonchev–Trinajstić information content (AvgIpc) is 2.08. The van der Waals surface area contributed by atoms with Crippen LogP contribution in [0.5, 0.6) is 0 Å². The summed E-state index contributed by atoms with van der Waals surface area (Å²) >= 11 is 0. The normalized spacial score (nSPS) is 12.8. The Balaban J connectivity index is 2.96. The molecule has 0 saturated carbocycles. The van der Waals surface area contributed by atoms with Crippen molar-refractivity contribution in [1.82, 2.24) is 0 Å². The summed E-state index contributed by atoms with van der Waals surface area (Å²) in [4.78, 5) is 10.6. The highest BCUT2D eigenvalue weighted by molar-refractivity contribution is 5.75. The number of carbonyl (C=O) groups is 1. The standard InChI is InChI=1S/C12H24O2/c1-11(13)9-7-5-3-4-6-8-10-12(2)14/h11,13H,3-10H2,1-2H3. The van der Waals surface area contributed by atoms with Gasteiger partial charge >= 0.3 is 0 Å². The van der Waals surface area contributed by atoms with Gasteiger partial charge in [-0.25, -0.2) is 0 Å². The summed E-state index contributed by atoms with van der Waals surface area (Å²) in [6, 6.07) is 0. The molecule has 0 fully saturated rings. The lowest BCUT2D eigenvalue weighted by molar-refractivity contribution is -0.117. The van der Waals surface area contributed by atoms with Crippen molar-refractivity contribution in [2.24, 2.45) is 0 Å². The third kappa shape index (κ3) is 11.6. The number of rotatable bonds is 9. The van der Waals surface area contributed by atoms with Crippen LogP contribution >= 0.6 is 0 Å². The molecule has 0 amide bonds. The monoisotopic (exact) mass is 200 g/mol. The van der Waals surface area contributed by atoms with E-state index >= 15 is 0 Å². The minimum Gasteiger partial charge on any atom is -0.393 e. The molecule has 1 N–H and O–H groups in total. The number of carbonyl (C=O) groups excluding carboxylic acids is 1. The van der Waals surface area contributed by atoms with Gasteiger partial charge in [0, 0.05) is 6.42 Å². The maximum atomic E-state index is 10.6. The van der Waals surface area contributed by atoms with Crippen LogP contribution in [0.15, 0.2) is 0 Å². The Labute approximate surface area is 87.7 Å². The average molecular weight is 200 g/mol. The first kappa shape index (κ1) is 13.6. The second kappa shape index (κ2) is 9.20. The van der Waals surface area contributed by atoms with Crippen LogP contribution < -0.4 is 0 Å². The van der Waals surface area contributed by atoms with Crippen LogP contribution in [-0.2, 0) is 4.79 Å². The minimum atomic E-state index is -0.146. The lowest BCUT2D eigenvalue weighted by Gasteiger charge is -2.03. The quantitative estimate of drug-likeness (QED) is 0.581.